The molecule has 0 fully saturated rings. The zero-order valence-corrected chi connectivity index (χ0v) is 10.0. The van der Waals surface area contributed by atoms with Crippen molar-refractivity contribution in [2.75, 3.05) is 7.11 Å². The number of aliphatic hydroxyl groups excluding tert-OH is 1. The predicted octanol–water partition coefficient (Wildman–Crippen LogP) is 2.14. The number of aromatic nitrogens is 2. The molecule has 0 saturated carbocycles. The smallest absolute Gasteiger partial charge is 0.137 e. The molecule has 0 saturated heterocycles. The number of benzene rings is 1. The van der Waals surface area contributed by atoms with Gasteiger partial charge in [0.05, 0.1) is 25.6 Å². The van der Waals surface area contributed by atoms with Gasteiger partial charge in [0.1, 0.15) is 11.6 Å². The third kappa shape index (κ3) is 2.31. The van der Waals surface area contributed by atoms with Crippen molar-refractivity contribution in [3.05, 3.63) is 35.7 Å². The molecule has 0 aliphatic heterocycles. The molecule has 17 heavy (non-hydrogen) atoms. The van der Waals surface area contributed by atoms with Crippen molar-refractivity contribution < 1.29 is 9.84 Å². The molecule has 0 aliphatic carbocycles. The fourth-order valence-corrected chi connectivity index (χ4v) is 1.79. The highest BCUT2D eigenvalue weighted by molar-refractivity contribution is 5.59. The minimum absolute atomic E-state index is 0.0240. The first-order valence-corrected chi connectivity index (χ1v) is 5.60. The number of aromatic amines is 1. The van der Waals surface area contributed by atoms with Gasteiger partial charge in [-0.2, -0.15) is 0 Å². The van der Waals surface area contributed by atoms with Crippen LogP contribution in [0.2, 0.25) is 0 Å². The first-order chi connectivity index (χ1) is 8.28. The molecule has 4 heteroatoms. The summed E-state index contributed by atoms with van der Waals surface area (Å²) >= 11 is 0. The van der Waals surface area contributed by atoms with Gasteiger partial charge in [0, 0.05) is 5.56 Å². The molecule has 0 spiro atoms. The number of H-pyrrole nitrogens is 1. The summed E-state index contributed by atoms with van der Waals surface area (Å²) in [6.45, 7) is 2.06. The van der Waals surface area contributed by atoms with Crippen molar-refractivity contribution in [1.29, 1.82) is 0 Å². The lowest BCUT2D eigenvalue weighted by Crippen LogP contribution is -1.92. The number of aryl methyl sites for hydroxylation is 1. The van der Waals surface area contributed by atoms with Gasteiger partial charge in [-0.25, -0.2) is 4.98 Å². The fraction of sp³-hybridized carbons (Fsp3) is 0.308. The van der Waals surface area contributed by atoms with Crippen LogP contribution in [-0.4, -0.2) is 22.2 Å². The monoisotopic (exact) mass is 232 g/mol. The summed E-state index contributed by atoms with van der Waals surface area (Å²) in [5.41, 5.74) is 2.86. The molecule has 4 nitrogen and oxygen atoms in total. The number of hydrogen-bond acceptors (Lipinski definition) is 3. The number of methoxy groups -OCH3 is 1. The molecule has 2 N–H and O–H groups in total. The number of nitrogens with one attached hydrogen (secondary N) is 1. The minimum Gasteiger partial charge on any atom is -0.496 e. The maximum absolute atomic E-state index is 8.99. The molecule has 0 unspecified atom stereocenters. The maximum Gasteiger partial charge on any atom is 0.137 e. The van der Waals surface area contributed by atoms with Crippen molar-refractivity contribution in [3.63, 3.8) is 0 Å². The Morgan fingerprint density at radius 3 is 2.82 bits per heavy atom. The SMILES string of the molecule is CCc1cc(-c2ncc(CO)[nH]2)ccc1OC. The van der Waals surface area contributed by atoms with Crippen LogP contribution in [0.5, 0.6) is 5.75 Å². The van der Waals surface area contributed by atoms with Crippen LogP contribution in [0.15, 0.2) is 24.4 Å². The average Bonchev–Trinajstić information content (AvgIpc) is 2.86. The summed E-state index contributed by atoms with van der Waals surface area (Å²) in [6, 6.07) is 5.95. The molecular formula is C13H16N2O2. The zero-order chi connectivity index (χ0) is 12.3. The molecule has 2 aromatic rings. The van der Waals surface area contributed by atoms with Gasteiger partial charge in [0.2, 0.25) is 0 Å². The van der Waals surface area contributed by atoms with Crippen molar-refractivity contribution in [2.45, 2.75) is 20.0 Å². The Balaban J connectivity index is 2.38. The quantitative estimate of drug-likeness (QED) is 0.849. The highest BCUT2D eigenvalue weighted by Gasteiger charge is 2.07. The van der Waals surface area contributed by atoms with E-state index in [0.29, 0.717) is 5.69 Å². The number of nitrogens with zero attached hydrogens (tertiary/aromatic N) is 1. The van der Waals surface area contributed by atoms with E-state index in [2.05, 4.69) is 23.0 Å². The lowest BCUT2D eigenvalue weighted by molar-refractivity contribution is 0.277. The van der Waals surface area contributed by atoms with E-state index in [-0.39, 0.29) is 6.61 Å². The van der Waals surface area contributed by atoms with Crippen molar-refractivity contribution in [3.8, 4) is 17.1 Å². The van der Waals surface area contributed by atoms with E-state index >= 15 is 0 Å². The third-order valence-electron chi connectivity index (χ3n) is 2.73. The topological polar surface area (TPSA) is 58.1 Å². The molecule has 0 aliphatic rings. The van der Waals surface area contributed by atoms with Crippen LogP contribution in [0.4, 0.5) is 0 Å². The van der Waals surface area contributed by atoms with E-state index in [1.165, 1.54) is 0 Å². The molecule has 1 aromatic heterocycles. The largest absolute Gasteiger partial charge is 0.496 e. The summed E-state index contributed by atoms with van der Waals surface area (Å²) in [5.74, 6) is 1.66. The van der Waals surface area contributed by atoms with Crippen LogP contribution < -0.4 is 4.74 Å². The summed E-state index contributed by atoms with van der Waals surface area (Å²) in [5, 5.41) is 8.99. The van der Waals surface area contributed by atoms with E-state index in [9.17, 15) is 0 Å². The van der Waals surface area contributed by atoms with E-state index in [4.69, 9.17) is 9.84 Å². The number of rotatable bonds is 4. The Kier molecular flexibility index (Phi) is 3.44. The van der Waals surface area contributed by atoms with Gasteiger partial charge < -0.3 is 14.8 Å². The number of aliphatic hydroxyl groups is 1. The summed E-state index contributed by atoms with van der Waals surface area (Å²) < 4.78 is 5.28. The fourth-order valence-electron chi connectivity index (χ4n) is 1.79. The van der Waals surface area contributed by atoms with E-state index in [1.54, 1.807) is 13.3 Å². The Hall–Kier alpha value is -1.81. The summed E-state index contributed by atoms with van der Waals surface area (Å²) in [6.07, 6.45) is 2.55. The van der Waals surface area contributed by atoms with Crippen LogP contribution in [0.3, 0.4) is 0 Å². The molecule has 90 valence electrons. The molecule has 0 atom stereocenters. The Morgan fingerprint density at radius 1 is 1.41 bits per heavy atom. The predicted molar refractivity (Wildman–Crippen MR) is 65.9 cm³/mol. The second-order valence-corrected chi connectivity index (χ2v) is 3.80. The van der Waals surface area contributed by atoms with Crippen molar-refractivity contribution in [1.82, 2.24) is 9.97 Å². The van der Waals surface area contributed by atoms with E-state index < -0.39 is 0 Å². The van der Waals surface area contributed by atoms with E-state index in [1.807, 2.05) is 12.1 Å². The first-order valence-electron chi connectivity index (χ1n) is 5.60. The standard InChI is InChI=1S/C13H16N2O2/c1-3-9-6-10(4-5-12(9)17-2)13-14-7-11(8-16)15-13/h4-7,16H,3,8H2,1-2H3,(H,14,15). The van der Waals surface area contributed by atoms with Crippen LogP contribution in [-0.2, 0) is 13.0 Å². The minimum atomic E-state index is -0.0240. The number of hydrogen-bond donors (Lipinski definition) is 2. The Morgan fingerprint density at radius 2 is 2.24 bits per heavy atom. The number of imidazole rings is 1. The van der Waals surface area contributed by atoms with Crippen molar-refractivity contribution >= 4 is 0 Å². The van der Waals surface area contributed by atoms with Gasteiger partial charge in [-0.05, 0) is 30.2 Å². The first kappa shape index (κ1) is 11.7. The second kappa shape index (κ2) is 5.01. The highest BCUT2D eigenvalue weighted by Crippen LogP contribution is 2.25. The van der Waals surface area contributed by atoms with E-state index in [0.717, 1.165) is 29.1 Å². The van der Waals surface area contributed by atoms with Crippen LogP contribution in [0, 0.1) is 0 Å². The summed E-state index contributed by atoms with van der Waals surface area (Å²) in [7, 11) is 1.67. The highest BCUT2D eigenvalue weighted by atomic mass is 16.5. The second-order valence-electron chi connectivity index (χ2n) is 3.80. The maximum atomic E-state index is 8.99. The van der Waals surface area contributed by atoms with Gasteiger partial charge in [0.15, 0.2) is 0 Å². The lowest BCUT2D eigenvalue weighted by Gasteiger charge is -2.07. The molecule has 1 heterocycles. The molecule has 0 bridgehead atoms. The number of ether oxygens (including phenoxy) is 1. The normalized spacial score (nSPS) is 10.5. The molecule has 2 rings (SSSR count). The molecule has 0 amide bonds. The van der Waals surface area contributed by atoms with Crippen LogP contribution in [0.25, 0.3) is 11.4 Å². The van der Waals surface area contributed by atoms with Gasteiger partial charge in [-0.3, -0.25) is 0 Å². The third-order valence-corrected chi connectivity index (χ3v) is 2.73. The Bertz CT molecular complexity index is 506. The van der Waals surface area contributed by atoms with Gasteiger partial charge in [-0.15, -0.1) is 0 Å². The Labute approximate surface area is 100 Å². The average molecular weight is 232 g/mol. The molecule has 1 aromatic carbocycles. The van der Waals surface area contributed by atoms with Crippen molar-refractivity contribution in [2.24, 2.45) is 0 Å². The van der Waals surface area contributed by atoms with Gasteiger partial charge >= 0.3 is 0 Å². The van der Waals surface area contributed by atoms with Crippen LogP contribution in [0.1, 0.15) is 18.2 Å². The van der Waals surface area contributed by atoms with Gasteiger partial charge in [0.25, 0.3) is 0 Å². The molecule has 0 radical (unpaired) electrons. The lowest BCUT2D eigenvalue weighted by atomic mass is 10.1. The van der Waals surface area contributed by atoms with Gasteiger partial charge in [-0.1, -0.05) is 6.92 Å². The van der Waals surface area contributed by atoms with Crippen LogP contribution >= 0.6 is 0 Å². The summed E-state index contributed by atoms with van der Waals surface area (Å²) in [4.78, 5) is 7.30. The zero-order valence-electron chi connectivity index (χ0n) is 10.0. The molecular weight excluding hydrogens is 216 g/mol.